The number of nitrogens with two attached hydrogens (primary N) is 1. The van der Waals surface area contributed by atoms with Gasteiger partial charge in [0.05, 0.1) is 29.4 Å². The van der Waals surface area contributed by atoms with Crippen LogP contribution in [-0.2, 0) is 10.0 Å². The van der Waals surface area contributed by atoms with Gasteiger partial charge in [-0.3, -0.25) is 19.8 Å². The minimum absolute atomic E-state index is 0.144. The number of hydrogen-bond donors (Lipinski definition) is 2. The van der Waals surface area contributed by atoms with Crippen molar-refractivity contribution in [3.8, 4) is 22.9 Å². The van der Waals surface area contributed by atoms with Crippen molar-refractivity contribution >= 4 is 27.3 Å². The number of para-hydroxylation sites is 3. The van der Waals surface area contributed by atoms with Crippen LogP contribution in [0.3, 0.4) is 0 Å². The number of carbonyl (C=O) groups excluding carboxylic acids is 1. The van der Waals surface area contributed by atoms with Gasteiger partial charge in [0.25, 0.3) is 11.6 Å². The average molecular weight is 634 g/mol. The van der Waals surface area contributed by atoms with Crippen molar-refractivity contribution in [2.45, 2.75) is 17.4 Å². The van der Waals surface area contributed by atoms with E-state index in [4.69, 9.17) is 20.3 Å². The highest BCUT2D eigenvalue weighted by Gasteiger charge is 2.38. The maximum absolute atomic E-state index is 13.3. The van der Waals surface area contributed by atoms with Crippen LogP contribution in [0.15, 0.2) is 77.7 Å². The molecule has 1 fully saturated rings. The minimum atomic E-state index is -4.08. The molecule has 1 atom stereocenters. The number of nitrogens with one attached hydrogen (secondary N) is 1. The molecule has 0 saturated carbocycles. The van der Waals surface area contributed by atoms with E-state index in [1.54, 1.807) is 43.5 Å². The number of piperazine rings is 1. The lowest BCUT2D eigenvalue weighted by Gasteiger charge is -2.39. The number of nitrogens with zero attached hydrogens (tertiary/aromatic N) is 5. The van der Waals surface area contributed by atoms with Crippen LogP contribution in [0.4, 0.5) is 11.4 Å². The Labute approximate surface area is 259 Å². The second-order valence-electron chi connectivity index (χ2n) is 10.5. The Morgan fingerprint density at radius 2 is 1.67 bits per heavy atom. The summed E-state index contributed by atoms with van der Waals surface area (Å²) in [7, 11) is -2.51. The van der Waals surface area contributed by atoms with Gasteiger partial charge < -0.3 is 20.5 Å². The standard InChI is InChI=1S/C30H31N7O7S/c1-43-24-7-3-4-8-25(24)44-21-12-10-20(11-13-21)36-29(30(31)38)28-27(33-36)23(14-15-32-28)34-16-18-35(19-17-34)45(41,42)26-9-5-2-6-22(26)37(39)40/h2-13,23,32H,14-19H2,1H3,(H2,31,38)/t23-/m0/s1. The number of sulfonamides is 1. The first-order chi connectivity index (χ1) is 21.7. The smallest absolute Gasteiger partial charge is 0.289 e. The Morgan fingerprint density at radius 3 is 2.33 bits per heavy atom. The Kier molecular flexibility index (Phi) is 8.14. The van der Waals surface area contributed by atoms with E-state index in [0.717, 1.165) is 0 Å². The molecule has 0 spiro atoms. The third kappa shape index (κ3) is 5.68. The summed E-state index contributed by atoms with van der Waals surface area (Å²) in [4.78, 5) is 25.3. The van der Waals surface area contributed by atoms with Gasteiger partial charge in [0.2, 0.25) is 10.0 Å². The lowest BCUT2D eigenvalue weighted by atomic mass is 10.0. The SMILES string of the molecule is COc1ccccc1Oc1ccc(-n2nc3c(c2C(N)=O)NCC[C@@H]3N2CCN(S(=O)(=O)c3ccccc3[N+](=O)[O-])CC2)cc1. The van der Waals surface area contributed by atoms with Crippen LogP contribution in [0.1, 0.15) is 28.6 Å². The molecule has 234 valence electrons. The van der Waals surface area contributed by atoms with E-state index >= 15 is 0 Å². The third-order valence-electron chi connectivity index (χ3n) is 7.95. The van der Waals surface area contributed by atoms with Gasteiger partial charge in [-0.25, -0.2) is 13.1 Å². The van der Waals surface area contributed by atoms with Gasteiger partial charge in [0.1, 0.15) is 11.4 Å². The molecule has 3 heterocycles. The summed E-state index contributed by atoms with van der Waals surface area (Å²) in [6.07, 6.45) is 0.671. The Hall–Kier alpha value is -4.99. The maximum Gasteiger partial charge on any atom is 0.289 e. The number of amides is 1. The van der Waals surface area contributed by atoms with Gasteiger partial charge >= 0.3 is 0 Å². The second kappa shape index (κ2) is 12.2. The molecule has 0 aliphatic carbocycles. The van der Waals surface area contributed by atoms with E-state index in [9.17, 15) is 23.3 Å². The third-order valence-corrected chi connectivity index (χ3v) is 9.90. The molecule has 2 aliphatic heterocycles. The summed E-state index contributed by atoms with van der Waals surface area (Å²) in [6.45, 7) is 1.59. The van der Waals surface area contributed by atoms with Gasteiger partial charge in [0, 0.05) is 38.8 Å². The zero-order chi connectivity index (χ0) is 31.7. The quantitative estimate of drug-likeness (QED) is 0.205. The van der Waals surface area contributed by atoms with Gasteiger partial charge in [0.15, 0.2) is 22.1 Å². The number of rotatable bonds is 9. The number of benzene rings is 3. The van der Waals surface area contributed by atoms with E-state index in [1.807, 2.05) is 12.1 Å². The number of carbonyl (C=O) groups is 1. The van der Waals surface area contributed by atoms with Gasteiger partial charge in [-0.05, 0) is 48.9 Å². The van der Waals surface area contributed by atoms with E-state index in [0.29, 0.717) is 60.4 Å². The molecule has 1 amide bonds. The normalized spacial score (nSPS) is 17.2. The zero-order valence-electron chi connectivity index (χ0n) is 24.3. The highest BCUT2D eigenvalue weighted by Crippen LogP contribution is 2.38. The topological polar surface area (TPSA) is 175 Å². The fourth-order valence-electron chi connectivity index (χ4n) is 5.79. The summed E-state index contributed by atoms with van der Waals surface area (Å²) in [6, 6.07) is 19.5. The number of methoxy groups -OCH3 is 1. The molecule has 0 unspecified atom stereocenters. The van der Waals surface area contributed by atoms with Crippen molar-refractivity contribution in [1.29, 1.82) is 0 Å². The lowest BCUT2D eigenvalue weighted by molar-refractivity contribution is -0.387. The van der Waals surface area contributed by atoms with Crippen LogP contribution in [0.25, 0.3) is 5.69 Å². The molecule has 14 nitrogen and oxygen atoms in total. The number of aromatic nitrogens is 2. The monoisotopic (exact) mass is 633 g/mol. The van der Waals surface area contributed by atoms with Crippen molar-refractivity contribution in [1.82, 2.24) is 19.0 Å². The number of nitro benzene ring substituents is 1. The molecule has 1 aromatic heterocycles. The van der Waals surface area contributed by atoms with Crippen molar-refractivity contribution < 1.29 is 27.6 Å². The fourth-order valence-corrected chi connectivity index (χ4v) is 7.37. The van der Waals surface area contributed by atoms with Crippen molar-refractivity contribution in [3.05, 3.63) is 94.3 Å². The molecule has 0 bridgehead atoms. The molecule has 3 N–H and O–H groups in total. The van der Waals surface area contributed by atoms with Crippen LogP contribution in [0, 0.1) is 10.1 Å². The van der Waals surface area contributed by atoms with E-state index in [1.165, 1.54) is 33.3 Å². The van der Waals surface area contributed by atoms with E-state index < -0.39 is 26.5 Å². The summed E-state index contributed by atoms with van der Waals surface area (Å²) in [5, 5.41) is 19.6. The maximum atomic E-state index is 13.3. The first-order valence-electron chi connectivity index (χ1n) is 14.2. The molecule has 45 heavy (non-hydrogen) atoms. The summed E-state index contributed by atoms with van der Waals surface area (Å²) < 4.78 is 40.8. The first-order valence-corrected chi connectivity index (χ1v) is 15.7. The lowest BCUT2D eigenvalue weighted by Crippen LogP contribution is -2.50. The van der Waals surface area contributed by atoms with Gasteiger partial charge in [-0.2, -0.15) is 9.40 Å². The molecule has 2 aliphatic rings. The average Bonchev–Trinajstić information content (AvgIpc) is 3.46. The number of fused-ring (bicyclic) bond motifs is 1. The molecule has 0 radical (unpaired) electrons. The number of nitro groups is 1. The summed E-state index contributed by atoms with van der Waals surface area (Å²) in [5.41, 5.74) is 7.40. The second-order valence-corrected chi connectivity index (χ2v) is 12.4. The Morgan fingerprint density at radius 1 is 1.00 bits per heavy atom. The predicted molar refractivity (Wildman–Crippen MR) is 164 cm³/mol. The van der Waals surface area contributed by atoms with Gasteiger partial charge in [-0.1, -0.05) is 24.3 Å². The van der Waals surface area contributed by atoms with Crippen LogP contribution >= 0.6 is 0 Å². The highest BCUT2D eigenvalue weighted by atomic mass is 32.2. The fraction of sp³-hybridized carbons (Fsp3) is 0.267. The molecular weight excluding hydrogens is 602 g/mol. The first kappa shape index (κ1) is 30.1. The Bertz CT molecular complexity index is 1850. The predicted octanol–water partition coefficient (Wildman–Crippen LogP) is 3.54. The summed E-state index contributed by atoms with van der Waals surface area (Å²) >= 11 is 0. The number of hydrogen-bond acceptors (Lipinski definition) is 10. The van der Waals surface area contributed by atoms with Crippen LogP contribution in [-0.4, -0.2) is 78.1 Å². The molecule has 3 aromatic carbocycles. The van der Waals surface area contributed by atoms with E-state index in [-0.39, 0.29) is 29.7 Å². The van der Waals surface area contributed by atoms with Crippen molar-refractivity contribution in [2.75, 3.05) is 45.2 Å². The van der Waals surface area contributed by atoms with Crippen molar-refractivity contribution in [2.24, 2.45) is 5.73 Å². The largest absolute Gasteiger partial charge is 0.493 e. The van der Waals surface area contributed by atoms with Crippen LogP contribution < -0.4 is 20.5 Å². The molecule has 15 heteroatoms. The van der Waals surface area contributed by atoms with Crippen LogP contribution in [0.2, 0.25) is 0 Å². The molecular formula is C30H31N7O7S. The minimum Gasteiger partial charge on any atom is -0.493 e. The van der Waals surface area contributed by atoms with E-state index in [2.05, 4.69) is 10.2 Å². The van der Waals surface area contributed by atoms with Gasteiger partial charge in [-0.15, -0.1) is 0 Å². The highest BCUT2D eigenvalue weighted by molar-refractivity contribution is 7.89. The summed E-state index contributed by atoms with van der Waals surface area (Å²) in [5.74, 6) is 1.06. The number of anilines is 1. The number of primary amides is 1. The Balaban J connectivity index is 1.23. The molecule has 4 aromatic rings. The molecule has 1 saturated heterocycles. The zero-order valence-corrected chi connectivity index (χ0v) is 25.1. The number of ether oxygens (including phenoxy) is 2. The van der Waals surface area contributed by atoms with Crippen LogP contribution in [0.5, 0.6) is 17.2 Å². The van der Waals surface area contributed by atoms with Crippen molar-refractivity contribution in [3.63, 3.8) is 0 Å². The molecule has 6 rings (SSSR count).